The third-order valence-corrected chi connectivity index (χ3v) is 5.28. The Balaban J connectivity index is 1.75. The Bertz CT molecular complexity index is 1100. The van der Waals surface area contributed by atoms with Gasteiger partial charge in [0.2, 0.25) is 0 Å². The molecule has 0 aliphatic carbocycles. The van der Waals surface area contributed by atoms with Gasteiger partial charge in [0.1, 0.15) is 6.04 Å². The lowest BCUT2D eigenvalue weighted by molar-refractivity contribution is 0.678. The molecule has 0 amide bonds. The van der Waals surface area contributed by atoms with Crippen molar-refractivity contribution in [3.63, 3.8) is 0 Å². The van der Waals surface area contributed by atoms with E-state index in [4.69, 9.17) is 10.7 Å². The Labute approximate surface area is 177 Å². The second-order valence-corrected chi connectivity index (χ2v) is 7.36. The summed E-state index contributed by atoms with van der Waals surface area (Å²) >= 11 is 0. The van der Waals surface area contributed by atoms with Crippen molar-refractivity contribution >= 4 is 5.69 Å². The van der Waals surface area contributed by atoms with Crippen molar-refractivity contribution in [2.75, 3.05) is 5.32 Å². The Morgan fingerprint density at radius 3 is 2.40 bits per heavy atom. The predicted molar refractivity (Wildman–Crippen MR) is 122 cm³/mol. The van der Waals surface area contributed by atoms with Gasteiger partial charge in [-0.25, -0.2) is 4.98 Å². The number of hydrogen-bond donors (Lipinski definition) is 2. The molecule has 0 saturated heterocycles. The molecule has 5 nitrogen and oxygen atoms in total. The average Bonchev–Trinajstić information content (AvgIpc) is 3.19. The SMILES string of the molecule is CCc1cccc(C(Nc2ccc(CN)cc2)c2nc(-c3ccccc3)nn2C)c1. The maximum Gasteiger partial charge on any atom is 0.181 e. The van der Waals surface area contributed by atoms with E-state index in [9.17, 15) is 0 Å². The van der Waals surface area contributed by atoms with Gasteiger partial charge < -0.3 is 11.1 Å². The minimum atomic E-state index is -0.129. The lowest BCUT2D eigenvalue weighted by Gasteiger charge is -2.20. The molecule has 4 rings (SSSR count). The van der Waals surface area contributed by atoms with Gasteiger partial charge in [0.05, 0.1) is 0 Å². The number of aromatic nitrogens is 3. The van der Waals surface area contributed by atoms with Gasteiger partial charge in [-0.1, -0.05) is 73.7 Å². The topological polar surface area (TPSA) is 68.8 Å². The van der Waals surface area contributed by atoms with Crippen molar-refractivity contribution < 1.29 is 0 Å². The number of rotatable bonds is 7. The molecule has 5 heteroatoms. The van der Waals surface area contributed by atoms with Gasteiger partial charge in [-0.05, 0) is 35.2 Å². The molecule has 0 fully saturated rings. The summed E-state index contributed by atoms with van der Waals surface area (Å²) in [5.74, 6) is 1.59. The Morgan fingerprint density at radius 2 is 1.70 bits per heavy atom. The summed E-state index contributed by atoms with van der Waals surface area (Å²) in [5, 5.41) is 8.34. The summed E-state index contributed by atoms with van der Waals surface area (Å²) in [6, 6.07) is 26.8. The summed E-state index contributed by atoms with van der Waals surface area (Å²) in [7, 11) is 1.95. The predicted octanol–water partition coefficient (Wildman–Crippen LogP) is 4.70. The molecular formula is C25H27N5. The first kappa shape index (κ1) is 19.9. The fraction of sp³-hybridized carbons (Fsp3) is 0.200. The number of nitrogens with one attached hydrogen (secondary N) is 1. The average molecular weight is 398 g/mol. The van der Waals surface area contributed by atoms with Crippen LogP contribution in [0.1, 0.15) is 35.5 Å². The van der Waals surface area contributed by atoms with E-state index in [0.717, 1.165) is 40.4 Å². The van der Waals surface area contributed by atoms with Gasteiger partial charge in [0.25, 0.3) is 0 Å². The van der Waals surface area contributed by atoms with Gasteiger partial charge in [0, 0.05) is 24.8 Å². The largest absolute Gasteiger partial charge is 0.371 e. The maximum atomic E-state index is 5.75. The third-order valence-electron chi connectivity index (χ3n) is 5.28. The van der Waals surface area contributed by atoms with Crippen molar-refractivity contribution in [2.24, 2.45) is 12.8 Å². The molecule has 3 aromatic carbocycles. The van der Waals surface area contributed by atoms with E-state index < -0.39 is 0 Å². The monoisotopic (exact) mass is 397 g/mol. The third kappa shape index (κ3) is 4.26. The van der Waals surface area contributed by atoms with Crippen LogP contribution in [0.3, 0.4) is 0 Å². The van der Waals surface area contributed by atoms with Crippen LogP contribution in [0.5, 0.6) is 0 Å². The molecule has 1 heterocycles. The first-order valence-corrected chi connectivity index (χ1v) is 10.3. The van der Waals surface area contributed by atoms with Gasteiger partial charge in [-0.2, -0.15) is 5.10 Å². The second-order valence-electron chi connectivity index (χ2n) is 7.36. The van der Waals surface area contributed by atoms with Crippen LogP contribution in [-0.2, 0) is 20.0 Å². The Hall–Kier alpha value is -3.44. The second kappa shape index (κ2) is 8.93. The summed E-state index contributed by atoms with van der Waals surface area (Å²) in [4.78, 5) is 4.91. The molecule has 0 bridgehead atoms. The van der Waals surface area contributed by atoms with Crippen molar-refractivity contribution in [1.82, 2.24) is 14.8 Å². The fourth-order valence-electron chi connectivity index (χ4n) is 3.55. The highest BCUT2D eigenvalue weighted by molar-refractivity contribution is 5.55. The zero-order valence-electron chi connectivity index (χ0n) is 17.4. The van der Waals surface area contributed by atoms with Crippen LogP contribution in [0.2, 0.25) is 0 Å². The molecule has 1 unspecified atom stereocenters. The first-order valence-electron chi connectivity index (χ1n) is 10.3. The molecule has 3 N–H and O–H groups in total. The van der Waals surface area contributed by atoms with Crippen LogP contribution in [-0.4, -0.2) is 14.8 Å². The summed E-state index contributed by atoms with van der Waals surface area (Å²) in [5.41, 5.74) is 11.3. The molecule has 0 radical (unpaired) electrons. The minimum absolute atomic E-state index is 0.129. The van der Waals surface area contributed by atoms with Crippen LogP contribution < -0.4 is 11.1 Å². The number of hydrogen-bond acceptors (Lipinski definition) is 4. The summed E-state index contributed by atoms with van der Waals surface area (Å²) in [6.45, 7) is 2.70. The fourth-order valence-corrected chi connectivity index (χ4v) is 3.55. The molecular weight excluding hydrogens is 370 g/mol. The molecule has 0 aliphatic rings. The van der Waals surface area contributed by atoms with E-state index in [2.05, 4.69) is 53.7 Å². The van der Waals surface area contributed by atoms with Crippen LogP contribution >= 0.6 is 0 Å². The van der Waals surface area contributed by atoms with E-state index in [1.807, 2.05) is 54.2 Å². The van der Waals surface area contributed by atoms with Crippen molar-refractivity contribution in [3.8, 4) is 11.4 Å². The molecule has 1 aromatic heterocycles. The smallest absolute Gasteiger partial charge is 0.181 e. The molecule has 0 saturated carbocycles. The number of benzene rings is 3. The van der Waals surface area contributed by atoms with Crippen molar-refractivity contribution in [2.45, 2.75) is 25.9 Å². The van der Waals surface area contributed by atoms with Gasteiger partial charge in [-0.15, -0.1) is 0 Å². The highest BCUT2D eigenvalue weighted by Crippen LogP contribution is 2.28. The van der Waals surface area contributed by atoms with Crippen molar-refractivity contribution in [1.29, 1.82) is 0 Å². The first-order chi connectivity index (χ1) is 14.7. The van der Waals surface area contributed by atoms with E-state index in [1.165, 1.54) is 5.56 Å². The number of nitrogens with zero attached hydrogens (tertiary/aromatic N) is 3. The Kier molecular flexibility index (Phi) is 5.91. The number of anilines is 1. The summed E-state index contributed by atoms with van der Waals surface area (Å²) < 4.78 is 1.87. The molecule has 152 valence electrons. The quantitative estimate of drug-likeness (QED) is 0.474. The van der Waals surface area contributed by atoms with Gasteiger partial charge in [-0.3, -0.25) is 4.68 Å². The van der Waals surface area contributed by atoms with E-state index in [0.29, 0.717) is 6.54 Å². The van der Waals surface area contributed by atoms with Gasteiger partial charge in [0.15, 0.2) is 11.6 Å². The zero-order valence-corrected chi connectivity index (χ0v) is 17.4. The molecule has 1 atom stereocenters. The number of nitrogens with two attached hydrogens (primary N) is 1. The van der Waals surface area contributed by atoms with Crippen LogP contribution in [0, 0.1) is 0 Å². The van der Waals surface area contributed by atoms with E-state index in [-0.39, 0.29) is 6.04 Å². The summed E-state index contributed by atoms with van der Waals surface area (Å²) in [6.07, 6.45) is 0.986. The Morgan fingerprint density at radius 1 is 0.933 bits per heavy atom. The highest BCUT2D eigenvalue weighted by Gasteiger charge is 2.22. The highest BCUT2D eigenvalue weighted by atomic mass is 15.3. The molecule has 4 aromatic rings. The maximum absolute atomic E-state index is 5.75. The molecule has 30 heavy (non-hydrogen) atoms. The normalized spacial score (nSPS) is 12.0. The lowest BCUT2D eigenvalue weighted by Crippen LogP contribution is -2.17. The number of aryl methyl sites for hydroxylation is 2. The van der Waals surface area contributed by atoms with Gasteiger partial charge >= 0.3 is 0 Å². The van der Waals surface area contributed by atoms with Crippen LogP contribution in [0.4, 0.5) is 5.69 Å². The standard InChI is InChI=1S/C25H27N5/c1-3-18-8-7-11-21(16-18)23(27-22-14-12-19(17-26)13-15-22)25-28-24(29-30(25)2)20-9-5-4-6-10-20/h4-16,23,27H,3,17,26H2,1-2H3. The zero-order chi connectivity index (χ0) is 20.9. The lowest BCUT2D eigenvalue weighted by atomic mass is 10.0. The van der Waals surface area contributed by atoms with E-state index in [1.54, 1.807) is 0 Å². The van der Waals surface area contributed by atoms with E-state index >= 15 is 0 Å². The van der Waals surface area contributed by atoms with Crippen LogP contribution in [0.15, 0.2) is 78.9 Å². The molecule has 0 spiro atoms. The molecule has 0 aliphatic heterocycles. The van der Waals surface area contributed by atoms with Crippen molar-refractivity contribution in [3.05, 3.63) is 101 Å². The minimum Gasteiger partial charge on any atom is -0.371 e. The van der Waals surface area contributed by atoms with Crippen LogP contribution in [0.25, 0.3) is 11.4 Å².